The summed E-state index contributed by atoms with van der Waals surface area (Å²) in [5.74, 6) is 0.358. The molecule has 4 heteroatoms. The summed E-state index contributed by atoms with van der Waals surface area (Å²) in [5, 5.41) is 10.3. The predicted molar refractivity (Wildman–Crippen MR) is 78.3 cm³/mol. The highest BCUT2D eigenvalue weighted by Gasteiger charge is 2.23. The van der Waals surface area contributed by atoms with Crippen molar-refractivity contribution in [2.24, 2.45) is 0 Å². The molecule has 2 nitrogen and oxygen atoms in total. The second-order valence-electron chi connectivity index (χ2n) is 4.93. The average Bonchev–Trinajstić information content (AvgIpc) is 3.26. The van der Waals surface area contributed by atoms with E-state index in [4.69, 9.17) is 4.74 Å². The van der Waals surface area contributed by atoms with Crippen LogP contribution in [-0.4, -0.2) is 11.2 Å². The van der Waals surface area contributed by atoms with Crippen LogP contribution >= 0.6 is 15.9 Å². The Kier molecular flexibility index (Phi) is 3.76. The number of aliphatic hydroxyl groups is 1. The van der Waals surface area contributed by atoms with Crippen LogP contribution in [0.1, 0.15) is 30.1 Å². The van der Waals surface area contributed by atoms with Gasteiger partial charge in [-0.25, -0.2) is 4.39 Å². The van der Waals surface area contributed by atoms with Crippen LogP contribution in [0.25, 0.3) is 0 Å². The van der Waals surface area contributed by atoms with Gasteiger partial charge in [-0.2, -0.15) is 0 Å². The molecular formula is C16H14BrFO2. The smallest absolute Gasteiger partial charge is 0.143 e. The molecule has 0 saturated heterocycles. The third-order valence-electron chi connectivity index (χ3n) is 3.30. The summed E-state index contributed by atoms with van der Waals surface area (Å²) in [5.41, 5.74) is 0.903. The average molecular weight is 337 g/mol. The minimum atomic E-state index is -0.984. The normalized spacial score (nSPS) is 15.9. The molecule has 1 fully saturated rings. The Morgan fingerprint density at radius 2 is 1.85 bits per heavy atom. The summed E-state index contributed by atoms with van der Waals surface area (Å²) in [4.78, 5) is 0. The summed E-state index contributed by atoms with van der Waals surface area (Å²) < 4.78 is 20.0. The molecule has 0 bridgehead atoms. The summed E-state index contributed by atoms with van der Waals surface area (Å²) in [6.07, 6.45) is 1.57. The summed E-state index contributed by atoms with van der Waals surface area (Å²) >= 11 is 3.13. The van der Waals surface area contributed by atoms with Crippen LogP contribution in [0, 0.1) is 5.82 Å². The molecule has 1 aliphatic carbocycles. The van der Waals surface area contributed by atoms with Crippen LogP contribution in [0.5, 0.6) is 5.75 Å². The molecule has 0 spiro atoms. The van der Waals surface area contributed by atoms with Crippen molar-refractivity contribution in [2.75, 3.05) is 0 Å². The molecule has 0 radical (unpaired) electrons. The van der Waals surface area contributed by atoms with Crippen molar-refractivity contribution in [1.82, 2.24) is 0 Å². The summed E-state index contributed by atoms with van der Waals surface area (Å²) in [6, 6.07) is 12.1. The van der Waals surface area contributed by atoms with Crippen LogP contribution in [0.15, 0.2) is 46.9 Å². The maximum atomic E-state index is 14.0. The van der Waals surface area contributed by atoms with Crippen molar-refractivity contribution in [3.63, 3.8) is 0 Å². The molecule has 2 aromatic carbocycles. The fourth-order valence-corrected chi connectivity index (χ4v) is 2.40. The van der Waals surface area contributed by atoms with Gasteiger partial charge in [-0.15, -0.1) is 0 Å². The molecule has 20 heavy (non-hydrogen) atoms. The quantitative estimate of drug-likeness (QED) is 0.906. The molecule has 0 aromatic heterocycles. The van der Waals surface area contributed by atoms with Crippen molar-refractivity contribution >= 4 is 15.9 Å². The van der Waals surface area contributed by atoms with E-state index < -0.39 is 11.9 Å². The number of ether oxygens (including phenoxy) is 1. The minimum Gasteiger partial charge on any atom is -0.490 e. The maximum absolute atomic E-state index is 14.0. The zero-order valence-electron chi connectivity index (χ0n) is 10.7. The van der Waals surface area contributed by atoms with E-state index in [9.17, 15) is 9.50 Å². The zero-order valence-corrected chi connectivity index (χ0v) is 12.3. The largest absolute Gasteiger partial charge is 0.490 e. The Labute approximate surface area is 125 Å². The lowest BCUT2D eigenvalue weighted by atomic mass is 10.0. The molecule has 2 aromatic rings. The highest BCUT2D eigenvalue weighted by Crippen LogP contribution is 2.31. The van der Waals surface area contributed by atoms with Gasteiger partial charge in [0.2, 0.25) is 0 Å². The molecule has 1 N–H and O–H groups in total. The van der Waals surface area contributed by atoms with E-state index in [1.54, 1.807) is 30.3 Å². The van der Waals surface area contributed by atoms with Crippen LogP contribution < -0.4 is 4.74 Å². The van der Waals surface area contributed by atoms with E-state index in [0.29, 0.717) is 16.1 Å². The first kappa shape index (κ1) is 13.6. The monoisotopic (exact) mass is 336 g/mol. The topological polar surface area (TPSA) is 29.5 Å². The highest BCUT2D eigenvalue weighted by atomic mass is 79.9. The summed E-state index contributed by atoms with van der Waals surface area (Å²) in [6.45, 7) is 0. The lowest BCUT2D eigenvalue weighted by Gasteiger charge is -2.14. The second kappa shape index (κ2) is 5.54. The van der Waals surface area contributed by atoms with Gasteiger partial charge in [0, 0.05) is 5.56 Å². The fourth-order valence-electron chi connectivity index (χ4n) is 2.02. The van der Waals surface area contributed by atoms with Crippen molar-refractivity contribution in [1.29, 1.82) is 0 Å². The predicted octanol–water partition coefficient (Wildman–Crippen LogP) is 4.21. The van der Waals surface area contributed by atoms with Crippen LogP contribution in [0.4, 0.5) is 4.39 Å². The molecule has 1 atom stereocenters. The molecule has 0 heterocycles. The third kappa shape index (κ3) is 2.86. The molecular weight excluding hydrogens is 323 g/mol. The van der Waals surface area contributed by atoms with E-state index in [1.165, 1.54) is 0 Å². The van der Waals surface area contributed by atoms with E-state index >= 15 is 0 Å². The van der Waals surface area contributed by atoms with Gasteiger partial charge in [0.15, 0.2) is 0 Å². The summed E-state index contributed by atoms with van der Waals surface area (Å²) in [7, 11) is 0. The molecule has 1 aliphatic rings. The third-order valence-corrected chi connectivity index (χ3v) is 3.91. The lowest BCUT2D eigenvalue weighted by Crippen LogP contribution is -2.03. The minimum absolute atomic E-state index is 0.259. The van der Waals surface area contributed by atoms with E-state index in [1.807, 2.05) is 12.1 Å². The van der Waals surface area contributed by atoms with Gasteiger partial charge in [-0.1, -0.05) is 24.3 Å². The molecule has 0 aliphatic heterocycles. The number of rotatable bonds is 4. The number of hydrogen-bond acceptors (Lipinski definition) is 2. The Hall–Kier alpha value is -1.39. The zero-order chi connectivity index (χ0) is 14.1. The first-order valence-corrected chi connectivity index (χ1v) is 7.33. The second-order valence-corrected chi connectivity index (χ2v) is 5.79. The highest BCUT2D eigenvalue weighted by molar-refractivity contribution is 9.10. The van der Waals surface area contributed by atoms with Gasteiger partial charge in [0.25, 0.3) is 0 Å². The van der Waals surface area contributed by atoms with Gasteiger partial charge >= 0.3 is 0 Å². The Morgan fingerprint density at radius 1 is 1.15 bits per heavy atom. The SMILES string of the molecule is OC(c1ccc(OC2CC2)cc1)c1cccc(Br)c1F. The van der Waals surface area contributed by atoms with Gasteiger partial charge in [0.1, 0.15) is 17.7 Å². The number of halogens is 2. The van der Waals surface area contributed by atoms with Gasteiger partial charge in [-0.05, 0) is 52.5 Å². The maximum Gasteiger partial charge on any atom is 0.143 e. The molecule has 1 unspecified atom stereocenters. The number of benzene rings is 2. The Balaban J connectivity index is 1.82. The van der Waals surface area contributed by atoms with E-state index in [0.717, 1.165) is 18.6 Å². The number of hydrogen-bond donors (Lipinski definition) is 1. The molecule has 3 rings (SSSR count). The van der Waals surface area contributed by atoms with Crippen molar-refractivity contribution in [3.8, 4) is 5.75 Å². The van der Waals surface area contributed by atoms with Crippen LogP contribution in [0.2, 0.25) is 0 Å². The van der Waals surface area contributed by atoms with Crippen molar-refractivity contribution in [3.05, 3.63) is 63.9 Å². The fraction of sp³-hybridized carbons (Fsp3) is 0.250. The van der Waals surface area contributed by atoms with E-state index in [2.05, 4.69) is 15.9 Å². The van der Waals surface area contributed by atoms with Crippen molar-refractivity contribution < 1.29 is 14.2 Å². The molecule has 0 amide bonds. The molecule has 104 valence electrons. The Bertz CT molecular complexity index is 608. The van der Waals surface area contributed by atoms with Crippen molar-refractivity contribution in [2.45, 2.75) is 25.0 Å². The van der Waals surface area contributed by atoms with Gasteiger partial charge in [0.05, 0.1) is 10.6 Å². The first-order valence-electron chi connectivity index (χ1n) is 6.54. The lowest BCUT2D eigenvalue weighted by molar-refractivity contribution is 0.214. The standard InChI is InChI=1S/C16H14BrFO2/c17-14-3-1-2-13(15(14)18)16(19)10-4-6-11(7-5-10)20-12-8-9-12/h1-7,12,16,19H,8-9H2. The van der Waals surface area contributed by atoms with Crippen LogP contribution in [-0.2, 0) is 0 Å². The number of aliphatic hydroxyl groups excluding tert-OH is 1. The van der Waals surface area contributed by atoms with E-state index in [-0.39, 0.29) is 5.56 Å². The van der Waals surface area contributed by atoms with Gasteiger partial charge < -0.3 is 9.84 Å². The Morgan fingerprint density at radius 3 is 2.50 bits per heavy atom. The van der Waals surface area contributed by atoms with Gasteiger partial charge in [-0.3, -0.25) is 0 Å². The molecule has 1 saturated carbocycles. The first-order chi connectivity index (χ1) is 9.65. The van der Waals surface area contributed by atoms with Crippen LogP contribution in [0.3, 0.4) is 0 Å².